The Balaban J connectivity index is 2.10. The van der Waals surface area contributed by atoms with Gasteiger partial charge in [-0.15, -0.1) is 0 Å². The fraction of sp³-hybridized carbons (Fsp3) is 0.467. The summed E-state index contributed by atoms with van der Waals surface area (Å²) in [6.45, 7) is 5.15. The maximum atomic E-state index is 11.4. The van der Waals surface area contributed by atoms with Crippen LogP contribution in [0.5, 0.6) is 0 Å². The minimum atomic E-state index is -0.997. The Hall–Kier alpha value is -2.08. The van der Waals surface area contributed by atoms with Crippen LogP contribution in [0, 0.1) is 0 Å². The summed E-state index contributed by atoms with van der Waals surface area (Å²) >= 11 is 0. The number of benzene rings is 1. The number of hydrogen-bond donors (Lipinski definition) is 2. The molecule has 6 heteroatoms. The predicted octanol–water partition coefficient (Wildman–Crippen LogP) is 1.02. The van der Waals surface area contributed by atoms with Crippen molar-refractivity contribution < 1.29 is 14.7 Å². The first-order chi connectivity index (χ1) is 9.99. The largest absolute Gasteiger partial charge is 0.478 e. The number of carboxylic acids is 1. The first-order valence-electron chi connectivity index (χ1n) is 7.07. The summed E-state index contributed by atoms with van der Waals surface area (Å²) in [5.41, 5.74) is 6.97. The normalized spacial score (nSPS) is 16.5. The highest BCUT2D eigenvalue weighted by Gasteiger charge is 2.19. The third kappa shape index (κ3) is 3.72. The van der Waals surface area contributed by atoms with E-state index in [2.05, 4.69) is 4.90 Å². The highest BCUT2D eigenvalue weighted by Crippen LogP contribution is 2.19. The minimum absolute atomic E-state index is 0.0898. The molecule has 0 bridgehead atoms. The molecule has 1 amide bonds. The molecule has 0 unspecified atom stereocenters. The molecule has 6 nitrogen and oxygen atoms in total. The summed E-state index contributed by atoms with van der Waals surface area (Å²) in [7, 11) is 0. The number of carboxylic acid groups (broad SMARTS) is 1. The standard InChI is InChI=1S/C15H21N3O3/c1-11(19)18-7-3-6-17(8-9-18)10-12-4-2-5-13(16)14(12)15(20)21/h2,4-5H,3,6-10,16H2,1H3,(H,20,21). The van der Waals surface area contributed by atoms with E-state index in [1.54, 1.807) is 25.1 Å². The molecule has 1 aromatic carbocycles. The predicted molar refractivity (Wildman–Crippen MR) is 80.0 cm³/mol. The fourth-order valence-corrected chi connectivity index (χ4v) is 2.70. The summed E-state index contributed by atoms with van der Waals surface area (Å²) in [5, 5.41) is 9.29. The molecule has 0 aromatic heterocycles. The highest BCUT2D eigenvalue weighted by atomic mass is 16.4. The summed E-state index contributed by atoms with van der Waals surface area (Å²) in [5.74, 6) is -0.907. The van der Waals surface area contributed by atoms with Crippen LogP contribution in [0.25, 0.3) is 0 Å². The number of carbonyl (C=O) groups is 2. The highest BCUT2D eigenvalue weighted by molar-refractivity contribution is 5.95. The number of nitrogens with zero attached hydrogens (tertiary/aromatic N) is 2. The molecule has 0 atom stereocenters. The van der Waals surface area contributed by atoms with E-state index in [9.17, 15) is 14.7 Å². The molecule has 1 aliphatic heterocycles. The molecule has 3 N–H and O–H groups in total. The average molecular weight is 291 g/mol. The van der Waals surface area contributed by atoms with E-state index in [0.717, 1.165) is 31.6 Å². The van der Waals surface area contributed by atoms with Gasteiger partial charge in [0.15, 0.2) is 0 Å². The Labute approximate surface area is 124 Å². The molecule has 1 aliphatic rings. The van der Waals surface area contributed by atoms with Crippen LogP contribution in [-0.4, -0.2) is 53.0 Å². The van der Waals surface area contributed by atoms with Crippen LogP contribution in [0.2, 0.25) is 0 Å². The van der Waals surface area contributed by atoms with E-state index >= 15 is 0 Å². The fourth-order valence-electron chi connectivity index (χ4n) is 2.70. The van der Waals surface area contributed by atoms with Gasteiger partial charge in [0, 0.05) is 45.3 Å². The van der Waals surface area contributed by atoms with Crippen molar-refractivity contribution in [2.24, 2.45) is 0 Å². The monoisotopic (exact) mass is 291 g/mol. The summed E-state index contributed by atoms with van der Waals surface area (Å²) in [4.78, 5) is 26.8. The Morgan fingerprint density at radius 1 is 1.24 bits per heavy atom. The maximum absolute atomic E-state index is 11.4. The Bertz CT molecular complexity index is 545. The SMILES string of the molecule is CC(=O)N1CCCN(Cc2cccc(N)c2C(=O)O)CC1. The van der Waals surface area contributed by atoms with Gasteiger partial charge in [-0.1, -0.05) is 12.1 Å². The number of amides is 1. The van der Waals surface area contributed by atoms with Gasteiger partial charge in [0.05, 0.1) is 5.56 Å². The quantitative estimate of drug-likeness (QED) is 0.812. The molecule has 0 spiro atoms. The second-order valence-corrected chi connectivity index (χ2v) is 5.32. The van der Waals surface area contributed by atoms with Crippen molar-refractivity contribution >= 4 is 17.6 Å². The molecule has 21 heavy (non-hydrogen) atoms. The van der Waals surface area contributed by atoms with Crippen molar-refractivity contribution in [3.63, 3.8) is 0 Å². The van der Waals surface area contributed by atoms with Crippen molar-refractivity contribution in [3.8, 4) is 0 Å². The lowest BCUT2D eigenvalue weighted by atomic mass is 10.0. The molecule has 1 aromatic rings. The number of hydrogen-bond acceptors (Lipinski definition) is 4. The van der Waals surface area contributed by atoms with E-state index in [-0.39, 0.29) is 11.5 Å². The van der Waals surface area contributed by atoms with Crippen LogP contribution >= 0.6 is 0 Å². The van der Waals surface area contributed by atoms with Crippen LogP contribution in [0.1, 0.15) is 29.3 Å². The molecule has 1 heterocycles. The molecule has 114 valence electrons. The van der Waals surface area contributed by atoms with Crippen molar-refractivity contribution in [2.75, 3.05) is 31.9 Å². The van der Waals surface area contributed by atoms with Gasteiger partial charge < -0.3 is 15.7 Å². The number of carbonyl (C=O) groups excluding carboxylic acids is 1. The number of rotatable bonds is 3. The molecular weight excluding hydrogens is 270 g/mol. The van der Waals surface area contributed by atoms with Gasteiger partial charge in [0.2, 0.25) is 5.91 Å². The lowest BCUT2D eigenvalue weighted by Crippen LogP contribution is -2.33. The van der Waals surface area contributed by atoms with Crippen LogP contribution in [0.3, 0.4) is 0 Å². The van der Waals surface area contributed by atoms with E-state index < -0.39 is 5.97 Å². The summed E-state index contributed by atoms with van der Waals surface area (Å²) in [6.07, 6.45) is 0.893. The van der Waals surface area contributed by atoms with E-state index in [4.69, 9.17) is 5.73 Å². The maximum Gasteiger partial charge on any atom is 0.338 e. The Morgan fingerprint density at radius 2 is 2.00 bits per heavy atom. The zero-order chi connectivity index (χ0) is 15.4. The van der Waals surface area contributed by atoms with Gasteiger partial charge >= 0.3 is 5.97 Å². The van der Waals surface area contributed by atoms with E-state index in [1.807, 2.05) is 4.90 Å². The van der Waals surface area contributed by atoms with Crippen molar-refractivity contribution in [1.82, 2.24) is 9.80 Å². The van der Waals surface area contributed by atoms with Crippen molar-refractivity contribution in [2.45, 2.75) is 19.9 Å². The minimum Gasteiger partial charge on any atom is -0.478 e. The zero-order valence-corrected chi connectivity index (χ0v) is 12.2. The number of aromatic carboxylic acids is 1. The van der Waals surface area contributed by atoms with Crippen LogP contribution in [0.4, 0.5) is 5.69 Å². The molecule has 1 fully saturated rings. The zero-order valence-electron chi connectivity index (χ0n) is 12.2. The molecule has 0 radical (unpaired) electrons. The topological polar surface area (TPSA) is 86.9 Å². The number of anilines is 1. The van der Waals surface area contributed by atoms with Gasteiger partial charge in [0.1, 0.15) is 0 Å². The first-order valence-corrected chi connectivity index (χ1v) is 7.07. The van der Waals surface area contributed by atoms with Gasteiger partial charge in [-0.25, -0.2) is 4.79 Å². The van der Waals surface area contributed by atoms with Gasteiger partial charge in [-0.2, -0.15) is 0 Å². The lowest BCUT2D eigenvalue weighted by molar-refractivity contribution is -0.128. The molecule has 2 rings (SSSR count). The summed E-state index contributed by atoms with van der Waals surface area (Å²) < 4.78 is 0. The number of nitrogens with two attached hydrogens (primary N) is 1. The second-order valence-electron chi connectivity index (χ2n) is 5.32. The van der Waals surface area contributed by atoms with Gasteiger partial charge in [-0.3, -0.25) is 9.69 Å². The third-order valence-electron chi connectivity index (χ3n) is 3.82. The van der Waals surface area contributed by atoms with Crippen LogP contribution in [0.15, 0.2) is 18.2 Å². The average Bonchev–Trinajstić information content (AvgIpc) is 2.64. The van der Waals surface area contributed by atoms with Crippen molar-refractivity contribution in [1.29, 1.82) is 0 Å². The molecule has 0 saturated carbocycles. The van der Waals surface area contributed by atoms with Gasteiger partial charge in [-0.05, 0) is 18.1 Å². The molecule has 0 aliphatic carbocycles. The van der Waals surface area contributed by atoms with Gasteiger partial charge in [0.25, 0.3) is 0 Å². The Morgan fingerprint density at radius 3 is 2.67 bits per heavy atom. The van der Waals surface area contributed by atoms with Crippen LogP contribution in [-0.2, 0) is 11.3 Å². The second kappa shape index (κ2) is 6.58. The number of nitrogen functional groups attached to an aromatic ring is 1. The molecular formula is C15H21N3O3. The van der Waals surface area contributed by atoms with Crippen molar-refractivity contribution in [3.05, 3.63) is 29.3 Å². The first kappa shape index (κ1) is 15.3. The van der Waals surface area contributed by atoms with E-state index in [1.165, 1.54) is 0 Å². The molecule has 1 saturated heterocycles. The van der Waals surface area contributed by atoms with Crippen LogP contribution < -0.4 is 5.73 Å². The Kier molecular flexibility index (Phi) is 4.80. The van der Waals surface area contributed by atoms with E-state index in [0.29, 0.717) is 18.8 Å². The smallest absolute Gasteiger partial charge is 0.338 e. The third-order valence-corrected chi connectivity index (χ3v) is 3.82. The summed E-state index contributed by atoms with van der Waals surface area (Å²) in [6, 6.07) is 5.18. The lowest BCUT2D eigenvalue weighted by Gasteiger charge is -2.22.